The Kier molecular flexibility index (Phi) is 6.43. The quantitative estimate of drug-likeness (QED) is 0.325. The molecule has 6 nitrogen and oxygen atoms in total. The van der Waals surface area contributed by atoms with Crippen LogP contribution in [0.15, 0.2) is 84.9 Å². The van der Waals surface area contributed by atoms with Crippen molar-refractivity contribution in [1.29, 1.82) is 0 Å². The van der Waals surface area contributed by atoms with Gasteiger partial charge < -0.3 is 10.4 Å². The summed E-state index contributed by atoms with van der Waals surface area (Å²) in [6.45, 7) is 3.15. The number of aliphatic hydroxyl groups excluding tert-OH is 1. The van der Waals surface area contributed by atoms with E-state index >= 15 is 0 Å². The van der Waals surface area contributed by atoms with Crippen molar-refractivity contribution in [2.75, 3.05) is 13.2 Å². The number of fused-ring (bicyclic) bond motifs is 4. The van der Waals surface area contributed by atoms with E-state index in [2.05, 4.69) is 69.9 Å². The minimum absolute atomic E-state index is 0.00795. The second-order valence-electron chi connectivity index (χ2n) is 9.65. The van der Waals surface area contributed by atoms with Gasteiger partial charge in [-0.3, -0.25) is 14.4 Å². The second kappa shape index (κ2) is 10.2. The van der Waals surface area contributed by atoms with E-state index in [0.717, 1.165) is 36.3 Å². The standard InChI is InChI=1S/C31H30N4O2/c36-17-16-35-29-14-15-34(21-28(29)30(33-35)31(37)32-19-22-8-2-1-3-9-22)20-24-18-23-10-4-5-11-25(23)27-13-7-6-12-26(24)27/h1-13,18,36H,14-17,19-21H2,(H,32,37). The van der Waals surface area contributed by atoms with Gasteiger partial charge in [0.05, 0.1) is 13.2 Å². The van der Waals surface area contributed by atoms with Gasteiger partial charge in [-0.1, -0.05) is 78.9 Å². The van der Waals surface area contributed by atoms with Gasteiger partial charge in [0.2, 0.25) is 0 Å². The number of rotatable bonds is 7. The minimum Gasteiger partial charge on any atom is -0.394 e. The number of carbonyl (C=O) groups is 1. The number of benzene rings is 4. The molecule has 2 heterocycles. The van der Waals surface area contributed by atoms with E-state index in [-0.39, 0.29) is 12.5 Å². The number of amides is 1. The van der Waals surface area contributed by atoms with E-state index in [9.17, 15) is 9.90 Å². The summed E-state index contributed by atoms with van der Waals surface area (Å²) in [5, 5.41) is 22.3. The number of nitrogens with zero attached hydrogens (tertiary/aromatic N) is 3. The summed E-state index contributed by atoms with van der Waals surface area (Å²) in [5.41, 5.74) is 4.82. The molecule has 1 aliphatic heterocycles. The topological polar surface area (TPSA) is 70.4 Å². The summed E-state index contributed by atoms with van der Waals surface area (Å²) in [7, 11) is 0. The van der Waals surface area contributed by atoms with E-state index < -0.39 is 0 Å². The number of hydrogen-bond acceptors (Lipinski definition) is 4. The average molecular weight is 491 g/mol. The van der Waals surface area contributed by atoms with Crippen LogP contribution in [-0.4, -0.2) is 38.8 Å². The summed E-state index contributed by atoms with van der Waals surface area (Å²) in [4.78, 5) is 15.6. The molecule has 0 bridgehead atoms. The molecule has 0 saturated heterocycles. The average Bonchev–Trinajstić information content (AvgIpc) is 3.30. The summed E-state index contributed by atoms with van der Waals surface area (Å²) in [6, 6.07) is 29.3. The van der Waals surface area contributed by atoms with Gasteiger partial charge in [0.25, 0.3) is 5.91 Å². The first-order valence-corrected chi connectivity index (χ1v) is 12.8. The van der Waals surface area contributed by atoms with Crippen LogP contribution in [0.3, 0.4) is 0 Å². The van der Waals surface area contributed by atoms with Crippen LogP contribution >= 0.6 is 0 Å². The molecule has 5 aromatic rings. The summed E-state index contributed by atoms with van der Waals surface area (Å²) in [6.07, 6.45) is 0.791. The van der Waals surface area contributed by atoms with Crippen LogP contribution in [0.5, 0.6) is 0 Å². The number of hydrogen-bond donors (Lipinski definition) is 2. The van der Waals surface area contributed by atoms with Crippen molar-refractivity contribution < 1.29 is 9.90 Å². The van der Waals surface area contributed by atoms with Crippen molar-refractivity contribution in [2.24, 2.45) is 0 Å². The van der Waals surface area contributed by atoms with Crippen LogP contribution < -0.4 is 5.32 Å². The van der Waals surface area contributed by atoms with Gasteiger partial charge in [0, 0.05) is 43.9 Å². The van der Waals surface area contributed by atoms with Crippen LogP contribution in [0, 0.1) is 0 Å². The lowest BCUT2D eigenvalue weighted by molar-refractivity contribution is 0.0942. The highest BCUT2D eigenvalue weighted by Gasteiger charge is 2.28. The Morgan fingerprint density at radius 3 is 2.46 bits per heavy atom. The third kappa shape index (κ3) is 4.61. The molecule has 0 unspecified atom stereocenters. The van der Waals surface area contributed by atoms with Gasteiger partial charge >= 0.3 is 0 Å². The molecule has 1 aromatic heterocycles. The number of carbonyl (C=O) groups excluding carboxylic acids is 1. The largest absolute Gasteiger partial charge is 0.394 e. The van der Waals surface area contributed by atoms with E-state index in [0.29, 0.717) is 25.3 Å². The van der Waals surface area contributed by atoms with Gasteiger partial charge in [0.1, 0.15) is 0 Å². The van der Waals surface area contributed by atoms with E-state index in [1.54, 1.807) is 0 Å². The molecule has 186 valence electrons. The van der Waals surface area contributed by atoms with Crippen molar-refractivity contribution in [3.63, 3.8) is 0 Å². The molecular formula is C31H30N4O2. The van der Waals surface area contributed by atoms with Crippen LogP contribution in [-0.2, 0) is 32.6 Å². The first-order valence-electron chi connectivity index (χ1n) is 12.8. The van der Waals surface area contributed by atoms with Crippen molar-refractivity contribution >= 4 is 27.5 Å². The van der Waals surface area contributed by atoms with E-state index in [1.165, 1.54) is 27.1 Å². The Labute approximate surface area is 216 Å². The summed E-state index contributed by atoms with van der Waals surface area (Å²) in [5.74, 6) is -0.171. The Hall–Kier alpha value is -4.00. The molecule has 0 aliphatic carbocycles. The normalized spacial score (nSPS) is 13.6. The maximum Gasteiger partial charge on any atom is 0.272 e. The molecular weight excluding hydrogens is 460 g/mol. The van der Waals surface area contributed by atoms with Gasteiger partial charge in [0.15, 0.2) is 5.69 Å². The predicted octanol–water partition coefficient (Wildman–Crippen LogP) is 4.67. The molecule has 0 spiro atoms. The van der Waals surface area contributed by atoms with Crippen LogP contribution in [0.1, 0.15) is 32.9 Å². The van der Waals surface area contributed by atoms with E-state index in [4.69, 9.17) is 0 Å². The summed E-state index contributed by atoms with van der Waals surface area (Å²) < 4.78 is 1.82. The van der Waals surface area contributed by atoms with Crippen molar-refractivity contribution in [3.05, 3.63) is 113 Å². The van der Waals surface area contributed by atoms with Crippen molar-refractivity contribution in [2.45, 2.75) is 32.6 Å². The lowest BCUT2D eigenvalue weighted by Crippen LogP contribution is -2.32. The lowest BCUT2D eigenvalue weighted by Gasteiger charge is -2.28. The second-order valence-corrected chi connectivity index (χ2v) is 9.65. The maximum absolute atomic E-state index is 13.2. The molecule has 0 radical (unpaired) electrons. The van der Waals surface area contributed by atoms with Crippen LogP contribution in [0.4, 0.5) is 0 Å². The minimum atomic E-state index is -0.171. The van der Waals surface area contributed by atoms with Crippen molar-refractivity contribution in [3.8, 4) is 0 Å². The number of nitrogens with one attached hydrogen (secondary N) is 1. The molecule has 0 fully saturated rings. The maximum atomic E-state index is 13.2. The van der Waals surface area contributed by atoms with E-state index in [1.807, 2.05) is 35.0 Å². The monoisotopic (exact) mass is 490 g/mol. The number of aromatic nitrogens is 2. The van der Waals surface area contributed by atoms with Gasteiger partial charge in [-0.25, -0.2) is 0 Å². The molecule has 2 N–H and O–H groups in total. The van der Waals surface area contributed by atoms with Crippen molar-refractivity contribution in [1.82, 2.24) is 20.0 Å². The Morgan fingerprint density at radius 1 is 0.919 bits per heavy atom. The first-order chi connectivity index (χ1) is 18.2. The fourth-order valence-corrected chi connectivity index (χ4v) is 5.51. The van der Waals surface area contributed by atoms with Crippen LogP contribution in [0.2, 0.25) is 0 Å². The third-order valence-corrected chi connectivity index (χ3v) is 7.28. The predicted molar refractivity (Wildman–Crippen MR) is 146 cm³/mol. The molecule has 1 aliphatic rings. The SMILES string of the molecule is O=C(NCc1ccccc1)c1nn(CCO)c2c1CN(Cc1cc3ccccc3c3ccccc13)CC2. The zero-order valence-electron chi connectivity index (χ0n) is 20.7. The Balaban J connectivity index is 1.29. The van der Waals surface area contributed by atoms with Gasteiger partial charge in [-0.2, -0.15) is 5.10 Å². The zero-order valence-corrected chi connectivity index (χ0v) is 20.7. The lowest BCUT2D eigenvalue weighted by atomic mass is 9.96. The Bertz CT molecular complexity index is 1580. The molecule has 6 rings (SSSR count). The summed E-state index contributed by atoms with van der Waals surface area (Å²) >= 11 is 0. The van der Waals surface area contributed by atoms with Crippen LogP contribution in [0.25, 0.3) is 21.5 Å². The highest BCUT2D eigenvalue weighted by molar-refractivity contribution is 6.08. The molecule has 0 saturated carbocycles. The first kappa shape index (κ1) is 23.4. The molecule has 1 amide bonds. The van der Waals surface area contributed by atoms with Gasteiger partial charge in [-0.05, 0) is 38.7 Å². The smallest absolute Gasteiger partial charge is 0.272 e. The molecule has 0 atom stereocenters. The molecule has 37 heavy (non-hydrogen) atoms. The number of aliphatic hydroxyl groups is 1. The molecule has 6 heteroatoms. The zero-order chi connectivity index (χ0) is 25.2. The fraction of sp³-hybridized carbons (Fsp3) is 0.226. The fourth-order valence-electron chi connectivity index (χ4n) is 5.51. The molecule has 4 aromatic carbocycles. The van der Waals surface area contributed by atoms with Gasteiger partial charge in [-0.15, -0.1) is 0 Å². The highest BCUT2D eigenvalue weighted by Crippen LogP contribution is 2.31. The third-order valence-electron chi connectivity index (χ3n) is 7.28. The highest BCUT2D eigenvalue weighted by atomic mass is 16.3. The Morgan fingerprint density at radius 2 is 1.65 bits per heavy atom.